The molecule has 0 saturated carbocycles. The van der Waals surface area contributed by atoms with Crippen LogP contribution in [0.4, 0.5) is 5.69 Å². The van der Waals surface area contributed by atoms with Crippen molar-refractivity contribution in [3.05, 3.63) is 24.3 Å². The molecule has 5 heteroatoms. The first-order valence-electron chi connectivity index (χ1n) is 7.56. The van der Waals surface area contributed by atoms with Crippen molar-refractivity contribution < 1.29 is 14.6 Å². The largest absolute Gasteiger partial charge is 0.491 e. The topological polar surface area (TPSA) is 68.0 Å². The van der Waals surface area contributed by atoms with Crippen molar-refractivity contribution >= 4 is 5.69 Å². The van der Waals surface area contributed by atoms with E-state index in [0.29, 0.717) is 24.8 Å². The molecule has 1 aliphatic rings. The number of hydrogen-bond donors (Lipinski definition) is 2. The van der Waals surface area contributed by atoms with Gasteiger partial charge in [0.1, 0.15) is 18.5 Å². The Hall–Kier alpha value is -1.30. The maximum absolute atomic E-state index is 10.0. The van der Waals surface area contributed by atoms with Crippen molar-refractivity contribution in [2.24, 2.45) is 5.92 Å². The van der Waals surface area contributed by atoms with Gasteiger partial charge in [0, 0.05) is 32.0 Å². The van der Waals surface area contributed by atoms with Gasteiger partial charge in [-0.3, -0.25) is 0 Å². The highest BCUT2D eigenvalue weighted by atomic mass is 16.5. The van der Waals surface area contributed by atoms with Crippen LogP contribution in [-0.2, 0) is 4.74 Å². The predicted octanol–water partition coefficient (Wildman–Crippen LogP) is 1.37. The van der Waals surface area contributed by atoms with Gasteiger partial charge in [-0.2, -0.15) is 0 Å². The van der Waals surface area contributed by atoms with Gasteiger partial charge >= 0.3 is 0 Å². The number of likely N-dealkylation sites (N-methyl/N-ethyl adjacent to an activating group) is 1. The summed E-state index contributed by atoms with van der Waals surface area (Å²) in [6, 6.07) is 7.21. The Kier molecular flexibility index (Phi) is 6.29. The summed E-state index contributed by atoms with van der Waals surface area (Å²) in [4.78, 5) is 2.17. The van der Waals surface area contributed by atoms with Gasteiger partial charge in [0.15, 0.2) is 0 Å². The van der Waals surface area contributed by atoms with Crippen molar-refractivity contribution in [1.29, 1.82) is 0 Å². The average Bonchev–Trinajstić information content (AvgIpc) is 2.47. The summed E-state index contributed by atoms with van der Waals surface area (Å²) < 4.78 is 10.9. The molecule has 1 aromatic carbocycles. The van der Waals surface area contributed by atoms with Gasteiger partial charge in [-0.05, 0) is 50.1 Å². The molecule has 0 spiro atoms. The number of aliphatic hydroxyl groups is 1. The third-order valence-electron chi connectivity index (χ3n) is 3.76. The summed E-state index contributed by atoms with van der Waals surface area (Å²) in [5, 5.41) is 10.0. The van der Waals surface area contributed by atoms with E-state index in [1.807, 2.05) is 19.2 Å². The van der Waals surface area contributed by atoms with Crippen LogP contribution in [0.3, 0.4) is 0 Å². The Morgan fingerprint density at radius 2 is 2.00 bits per heavy atom. The Morgan fingerprint density at radius 3 is 2.67 bits per heavy atom. The lowest BCUT2D eigenvalue weighted by molar-refractivity contribution is 0.0399. The second-order valence-corrected chi connectivity index (χ2v) is 5.81. The molecule has 118 valence electrons. The normalized spacial score (nSPS) is 17.9. The first-order valence-corrected chi connectivity index (χ1v) is 7.56. The zero-order chi connectivity index (χ0) is 15.1. The van der Waals surface area contributed by atoms with Crippen LogP contribution >= 0.6 is 0 Å². The Balaban J connectivity index is 1.65. The molecule has 1 fully saturated rings. The third kappa shape index (κ3) is 5.91. The highest BCUT2D eigenvalue weighted by Gasteiger charge is 2.17. The number of nitrogens with two attached hydrogens (primary N) is 1. The van der Waals surface area contributed by atoms with E-state index in [4.69, 9.17) is 15.2 Å². The van der Waals surface area contributed by atoms with Crippen molar-refractivity contribution in [2.75, 3.05) is 45.7 Å². The number of nitrogens with zero attached hydrogens (tertiary/aromatic N) is 1. The quantitative estimate of drug-likeness (QED) is 0.743. The minimum atomic E-state index is -0.493. The number of hydrogen-bond acceptors (Lipinski definition) is 5. The first kappa shape index (κ1) is 16.1. The summed E-state index contributed by atoms with van der Waals surface area (Å²) in [7, 11) is 2.04. The van der Waals surface area contributed by atoms with Crippen LogP contribution in [0.15, 0.2) is 24.3 Å². The van der Waals surface area contributed by atoms with E-state index >= 15 is 0 Å². The molecule has 0 amide bonds. The number of nitrogen functional groups attached to an aromatic ring is 1. The van der Waals surface area contributed by atoms with Crippen LogP contribution in [0, 0.1) is 5.92 Å². The van der Waals surface area contributed by atoms with Gasteiger partial charge in [0.2, 0.25) is 0 Å². The first-order chi connectivity index (χ1) is 10.1. The predicted molar refractivity (Wildman–Crippen MR) is 83.4 cm³/mol. The van der Waals surface area contributed by atoms with Crippen LogP contribution in [0.5, 0.6) is 5.75 Å². The molecule has 1 unspecified atom stereocenters. The highest BCUT2D eigenvalue weighted by Crippen LogP contribution is 2.16. The number of benzene rings is 1. The molecule has 1 aliphatic heterocycles. The Morgan fingerprint density at radius 1 is 1.33 bits per heavy atom. The van der Waals surface area contributed by atoms with Gasteiger partial charge < -0.3 is 25.2 Å². The summed E-state index contributed by atoms with van der Waals surface area (Å²) in [6.45, 7) is 3.64. The molecular formula is C16H26N2O3. The van der Waals surface area contributed by atoms with Crippen LogP contribution in [-0.4, -0.2) is 56.1 Å². The number of aliphatic hydroxyl groups excluding tert-OH is 1. The van der Waals surface area contributed by atoms with Gasteiger partial charge in [0.05, 0.1) is 0 Å². The van der Waals surface area contributed by atoms with Crippen LogP contribution in [0.25, 0.3) is 0 Å². The molecule has 1 heterocycles. The van der Waals surface area contributed by atoms with Crippen LogP contribution in [0.1, 0.15) is 12.8 Å². The van der Waals surface area contributed by atoms with E-state index in [1.165, 1.54) is 0 Å². The lowest BCUT2D eigenvalue weighted by Gasteiger charge is -2.28. The second-order valence-electron chi connectivity index (χ2n) is 5.81. The monoisotopic (exact) mass is 294 g/mol. The van der Waals surface area contributed by atoms with E-state index in [0.717, 1.165) is 38.3 Å². The molecule has 0 aromatic heterocycles. The van der Waals surface area contributed by atoms with E-state index in [1.54, 1.807) is 12.1 Å². The second kappa shape index (κ2) is 8.22. The standard InChI is InChI=1S/C16H26N2O3/c1-18(10-13-6-8-20-9-7-13)11-15(19)12-21-16-4-2-14(17)3-5-16/h2-5,13,15,19H,6-12,17H2,1H3. The van der Waals surface area contributed by atoms with E-state index < -0.39 is 6.10 Å². The van der Waals surface area contributed by atoms with E-state index in [9.17, 15) is 5.11 Å². The van der Waals surface area contributed by atoms with Crippen molar-refractivity contribution in [3.8, 4) is 5.75 Å². The minimum absolute atomic E-state index is 0.294. The Labute approximate surface area is 126 Å². The molecule has 3 N–H and O–H groups in total. The van der Waals surface area contributed by atoms with E-state index in [-0.39, 0.29) is 0 Å². The lowest BCUT2D eigenvalue weighted by atomic mass is 10.00. The maximum Gasteiger partial charge on any atom is 0.119 e. The van der Waals surface area contributed by atoms with Gasteiger partial charge in [-0.15, -0.1) is 0 Å². The fourth-order valence-corrected chi connectivity index (χ4v) is 2.61. The van der Waals surface area contributed by atoms with Gasteiger partial charge in [0.25, 0.3) is 0 Å². The molecule has 1 atom stereocenters. The van der Waals surface area contributed by atoms with Gasteiger partial charge in [-0.25, -0.2) is 0 Å². The molecule has 0 radical (unpaired) electrons. The summed E-state index contributed by atoms with van der Waals surface area (Å²) in [6.07, 6.45) is 1.73. The SMILES string of the molecule is CN(CC(O)COc1ccc(N)cc1)CC1CCOCC1. The fourth-order valence-electron chi connectivity index (χ4n) is 2.61. The summed E-state index contributed by atoms with van der Waals surface area (Å²) in [5.74, 6) is 1.41. The fraction of sp³-hybridized carbons (Fsp3) is 0.625. The zero-order valence-corrected chi connectivity index (χ0v) is 12.7. The molecule has 0 aliphatic carbocycles. The zero-order valence-electron chi connectivity index (χ0n) is 12.7. The Bertz CT molecular complexity index is 404. The molecular weight excluding hydrogens is 268 g/mol. The summed E-state index contributed by atoms with van der Waals surface area (Å²) >= 11 is 0. The highest BCUT2D eigenvalue weighted by molar-refractivity contribution is 5.41. The third-order valence-corrected chi connectivity index (χ3v) is 3.76. The van der Waals surface area contributed by atoms with E-state index in [2.05, 4.69) is 4.90 Å². The average molecular weight is 294 g/mol. The minimum Gasteiger partial charge on any atom is -0.491 e. The molecule has 2 rings (SSSR count). The van der Waals surface area contributed by atoms with Crippen LogP contribution in [0.2, 0.25) is 0 Å². The van der Waals surface area contributed by atoms with Crippen molar-refractivity contribution in [1.82, 2.24) is 4.90 Å². The van der Waals surface area contributed by atoms with Gasteiger partial charge in [-0.1, -0.05) is 0 Å². The summed E-state index contributed by atoms with van der Waals surface area (Å²) in [5.41, 5.74) is 6.32. The van der Waals surface area contributed by atoms with Crippen molar-refractivity contribution in [2.45, 2.75) is 18.9 Å². The molecule has 0 bridgehead atoms. The van der Waals surface area contributed by atoms with Crippen molar-refractivity contribution in [3.63, 3.8) is 0 Å². The molecule has 21 heavy (non-hydrogen) atoms. The lowest BCUT2D eigenvalue weighted by Crippen LogP contribution is -2.37. The molecule has 5 nitrogen and oxygen atoms in total. The number of ether oxygens (including phenoxy) is 2. The van der Waals surface area contributed by atoms with Crippen LogP contribution < -0.4 is 10.5 Å². The number of rotatable bonds is 7. The molecule has 1 aromatic rings. The molecule has 1 saturated heterocycles. The number of anilines is 1. The maximum atomic E-state index is 10.0. The smallest absolute Gasteiger partial charge is 0.119 e.